The van der Waals surface area contributed by atoms with Crippen LogP contribution >= 0.6 is 0 Å². The van der Waals surface area contributed by atoms with E-state index >= 15 is 0 Å². The van der Waals surface area contributed by atoms with Gasteiger partial charge < -0.3 is 19.7 Å². The number of piperidine rings is 1. The molecular weight excluding hydrogens is 360 g/mol. The Morgan fingerprint density at radius 2 is 2.04 bits per heavy atom. The fourth-order valence-electron chi connectivity index (χ4n) is 3.71. The Kier molecular flexibility index (Phi) is 5.96. The van der Waals surface area contributed by atoms with Crippen LogP contribution in [0.3, 0.4) is 0 Å². The number of hydrogen-bond donors (Lipinski definition) is 3. The molecule has 28 heavy (non-hydrogen) atoms. The third kappa shape index (κ3) is 5.05. The largest absolute Gasteiger partial charge is 0.497 e. The lowest BCUT2D eigenvalue weighted by molar-refractivity contribution is 0.0172. The van der Waals surface area contributed by atoms with Crippen LogP contribution in [0.15, 0.2) is 24.0 Å². The minimum Gasteiger partial charge on any atom is -0.497 e. The molecule has 0 aromatic rings. The van der Waals surface area contributed by atoms with Crippen molar-refractivity contribution in [3.8, 4) is 0 Å². The maximum atomic E-state index is 12.1. The molecule has 2 aliphatic heterocycles. The molecular formula is C20H30N4O4. The van der Waals surface area contributed by atoms with Crippen molar-refractivity contribution in [1.29, 1.82) is 5.41 Å². The van der Waals surface area contributed by atoms with E-state index in [0.717, 1.165) is 19.3 Å². The average Bonchev–Trinajstić information content (AvgIpc) is 2.60. The first-order valence-electron chi connectivity index (χ1n) is 9.88. The SMILES string of the molecule is CC(C)(C)OC(=O)N1CCC(CCOC2=CC=CC3NC(=O)NC(=N)C23)CC1. The summed E-state index contributed by atoms with van der Waals surface area (Å²) in [5.74, 6) is 1.07. The number of carbonyl (C=O) groups is 2. The number of ether oxygens (including phenoxy) is 2. The van der Waals surface area contributed by atoms with Crippen molar-refractivity contribution in [2.24, 2.45) is 11.8 Å². The summed E-state index contributed by atoms with van der Waals surface area (Å²) in [5, 5.41) is 13.4. The molecule has 0 aromatic heterocycles. The second-order valence-corrected chi connectivity index (χ2v) is 8.52. The first kappa shape index (κ1) is 20.2. The molecule has 0 aromatic carbocycles. The highest BCUT2D eigenvalue weighted by Gasteiger charge is 2.36. The first-order chi connectivity index (χ1) is 13.2. The van der Waals surface area contributed by atoms with Gasteiger partial charge in [0, 0.05) is 13.1 Å². The standard InChI is InChI=1S/C20H30N4O4/c1-20(2,3)28-19(26)24-10-7-13(8-11-24)9-12-27-15-6-4-5-14-16(15)17(21)23-18(25)22-14/h4-6,13-14,16H,7-12H2,1-3H3,(H3,21,22,23,25). The zero-order valence-corrected chi connectivity index (χ0v) is 16.8. The molecule has 2 fully saturated rings. The van der Waals surface area contributed by atoms with Crippen molar-refractivity contribution in [1.82, 2.24) is 15.5 Å². The molecule has 3 rings (SSSR count). The van der Waals surface area contributed by atoms with Crippen molar-refractivity contribution in [3.63, 3.8) is 0 Å². The Morgan fingerprint density at radius 3 is 2.71 bits per heavy atom. The Balaban J connectivity index is 1.42. The Bertz CT molecular complexity index is 687. The molecule has 2 heterocycles. The monoisotopic (exact) mass is 390 g/mol. The van der Waals surface area contributed by atoms with Gasteiger partial charge in [-0.05, 0) is 52.0 Å². The van der Waals surface area contributed by atoms with Crippen LogP contribution in [-0.2, 0) is 9.47 Å². The summed E-state index contributed by atoms with van der Waals surface area (Å²) >= 11 is 0. The minimum absolute atomic E-state index is 0.162. The van der Waals surface area contributed by atoms with Crippen molar-refractivity contribution >= 4 is 18.0 Å². The normalized spacial score (nSPS) is 25.4. The third-order valence-electron chi connectivity index (χ3n) is 5.16. The number of likely N-dealkylation sites (tertiary alicyclic amines) is 1. The van der Waals surface area contributed by atoms with E-state index < -0.39 is 5.60 Å². The van der Waals surface area contributed by atoms with E-state index in [9.17, 15) is 9.59 Å². The summed E-state index contributed by atoms with van der Waals surface area (Å²) in [6, 6.07) is -0.591. The van der Waals surface area contributed by atoms with Crippen molar-refractivity contribution < 1.29 is 19.1 Å². The van der Waals surface area contributed by atoms with Crippen molar-refractivity contribution in [2.75, 3.05) is 19.7 Å². The highest BCUT2D eigenvalue weighted by atomic mass is 16.6. The topological polar surface area (TPSA) is 104 Å². The third-order valence-corrected chi connectivity index (χ3v) is 5.16. The molecule has 154 valence electrons. The predicted octanol–water partition coefficient (Wildman–Crippen LogP) is 2.77. The zero-order valence-electron chi connectivity index (χ0n) is 16.8. The smallest absolute Gasteiger partial charge is 0.410 e. The lowest BCUT2D eigenvalue weighted by Crippen LogP contribution is -2.58. The Morgan fingerprint density at radius 1 is 1.32 bits per heavy atom. The number of rotatable bonds is 4. The first-order valence-corrected chi connectivity index (χ1v) is 9.88. The number of amides is 3. The lowest BCUT2D eigenvalue weighted by atomic mass is 9.90. The number of nitrogens with zero attached hydrogens (tertiary/aromatic N) is 1. The zero-order chi connectivity index (χ0) is 20.3. The van der Waals surface area contributed by atoms with Crippen molar-refractivity contribution in [3.05, 3.63) is 24.0 Å². The van der Waals surface area contributed by atoms with Gasteiger partial charge in [-0.15, -0.1) is 0 Å². The molecule has 2 saturated heterocycles. The molecule has 1 aliphatic carbocycles. The number of allylic oxidation sites excluding steroid dienone is 2. The summed E-state index contributed by atoms with van der Waals surface area (Å²) in [4.78, 5) is 25.4. The fraction of sp³-hybridized carbons (Fsp3) is 0.650. The van der Waals surface area contributed by atoms with E-state index in [0.29, 0.717) is 31.4 Å². The van der Waals surface area contributed by atoms with Crippen LogP contribution in [0, 0.1) is 17.2 Å². The number of nitrogens with one attached hydrogen (secondary N) is 3. The molecule has 3 N–H and O–H groups in total. The summed E-state index contributed by atoms with van der Waals surface area (Å²) in [6.45, 7) is 7.60. The van der Waals surface area contributed by atoms with Gasteiger partial charge in [0.05, 0.1) is 18.6 Å². The number of fused-ring (bicyclic) bond motifs is 1. The van der Waals surface area contributed by atoms with E-state index in [1.54, 1.807) is 4.90 Å². The molecule has 0 spiro atoms. The second kappa shape index (κ2) is 8.24. The van der Waals surface area contributed by atoms with Gasteiger partial charge in [0.15, 0.2) is 0 Å². The fourth-order valence-corrected chi connectivity index (χ4v) is 3.71. The summed E-state index contributed by atoms with van der Waals surface area (Å²) in [5.41, 5.74) is -0.469. The molecule has 8 heteroatoms. The van der Waals surface area contributed by atoms with E-state index in [1.165, 1.54) is 0 Å². The maximum absolute atomic E-state index is 12.1. The average molecular weight is 390 g/mol. The van der Waals surface area contributed by atoms with E-state index in [4.69, 9.17) is 14.9 Å². The van der Waals surface area contributed by atoms with Gasteiger partial charge in [-0.25, -0.2) is 9.59 Å². The Labute approximate surface area is 165 Å². The van der Waals surface area contributed by atoms with Gasteiger partial charge in [0.2, 0.25) is 0 Å². The molecule has 3 aliphatic rings. The van der Waals surface area contributed by atoms with Crippen LogP contribution in [0.5, 0.6) is 0 Å². The highest BCUT2D eigenvalue weighted by molar-refractivity contribution is 6.01. The van der Waals surface area contributed by atoms with Gasteiger partial charge in [0.1, 0.15) is 17.2 Å². The number of urea groups is 1. The Hall–Kier alpha value is -2.51. The van der Waals surface area contributed by atoms with Crippen LogP contribution < -0.4 is 10.6 Å². The summed E-state index contributed by atoms with van der Waals surface area (Å²) in [6.07, 6.45) is 8.11. The van der Waals surface area contributed by atoms with E-state index in [2.05, 4.69) is 10.6 Å². The quantitative estimate of drug-likeness (QED) is 0.686. The minimum atomic E-state index is -0.469. The maximum Gasteiger partial charge on any atom is 0.410 e. The molecule has 2 unspecified atom stereocenters. The molecule has 0 bridgehead atoms. The van der Waals surface area contributed by atoms with E-state index in [-0.39, 0.29) is 29.9 Å². The molecule has 0 radical (unpaired) electrons. The van der Waals surface area contributed by atoms with Crippen LogP contribution in [0.1, 0.15) is 40.0 Å². The van der Waals surface area contributed by atoms with Gasteiger partial charge in [-0.3, -0.25) is 10.7 Å². The van der Waals surface area contributed by atoms with Crippen LogP contribution in [-0.4, -0.2) is 54.2 Å². The molecule has 2 atom stereocenters. The van der Waals surface area contributed by atoms with Crippen LogP contribution in [0.25, 0.3) is 0 Å². The summed E-state index contributed by atoms with van der Waals surface area (Å²) < 4.78 is 11.4. The number of carbonyl (C=O) groups excluding carboxylic acids is 2. The second-order valence-electron chi connectivity index (χ2n) is 8.52. The number of hydrogen-bond acceptors (Lipinski definition) is 5. The van der Waals surface area contributed by atoms with Crippen molar-refractivity contribution in [2.45, 2.75) is 51.7 Å². The highest BCUT2D eigenvalue weighted by Crippen LogP contribution is 2.27. The molecule has 8 nitrogen and oxygen atoms in total. The van der Waals surface area contributed by atoms with Gasteiger partial charge in [0.25, 0.3) is 0 Å². The van der Waals surface area contributed by atoms with Crippen LogP contribution in [0.4, 0.5) is 9.59 Å². The predicted molar refractivity (Wildman–Crippen MR) is 105 cm³/mol. The van der Waals surface area contributed by atoms with Gasteiger partial charge in [-0.2, -0.15) is 0 Å². The lowest BCUT2D eigenvalue weighted by Gasteiger charge is -2.35. The van der Waals surface area contributed by atoms with Crippen LogP contribution in [0.2, 0.25) is 0 Å². The van der Waals surface area contributed by atoms with Gasteiger partial charge >= 0.3 is 12.1 Å². The number of amidine groups is 1. The van der Waals surface area contributed by atoms with Gasteiger partial charge in [-0.1, -0.05) is 12.2 Å². The molecule has 0 saturated carbocycles. The summed E-state index contributed by atoms with van der Waals surface area (Å²) in [7, 11) is 0. The van der Waals surface area contributed by atoms with E-state index in [1.807, 2.05) is 39.0 Å². The molecule has 3 amide bonds.